The molecule has 0 aliphatic rings. The molecule has 0 aliphatic heterocycles. The normalized spacial score (nSPS) is 11.9. The van der Waals surface area contributed by atoms with Gasteiger partial charge in [0.25, 0.3) is 6.43 Å². The fourth-order valence-corrected chi connectivity index (χ4v) is 1.49. The Morgan fingerprint density at radius 2 is 2.11 bits per heavy atom. The minimum atomic E-state index is -2.53. The van der Waals surface area contributed by atoms with Gasteiger partial charge in [-0.3, -0.25) is 0 Å². The molecule has 3 nitrogen and oxygen atoms in total. The minimum Gasteiger partial charge on any atom is -0.471 e. The fourth-order valence-electron chi connectivity index (χ4n) is 1.25. The third kappa shape index (κ3) is 5.60. The Balaban J connectivity index is 2.62. The lowest BCUT2D eigenvalue weighted by molar-refractivity contribution is -0.731. The van der Waals surface area contributed by atoms with Gasteiger partial charge in [-0.2, -0.15) is 0 Å². The van der Waals surface area contributed by atoms with E-state index in [4.69, 9.17) is 16.3 Å². The number of aromatic nitrogens is 1. The summed E-state index contributed by atoms with van der Waals surface area (Å²) in [6.45, 7) is 6.33. The Morgan fingerprint density at radius 3 is 2.61 bits per heavy atom. The van der Waals surface area contributed by atoms with Crippen molar-refractivity contribution in [2.45, 2.75) is 39.3 Å². The van der Waals surface area contributed by atoms with Crippen molar-refractivity contribution in [2.75, 3.05) is 6.61 Å². The summed E-state index contributed by atoms with van der Waals surface area (Å²) in [4.78, 5) is 3.94. The summed E-state index contributed by atoms with van der Waals surface area (Å²) >= 11 is 5.92. The predicted molar refractivity (Wildman–Crippen MR) is 66.1 cm³/mol. The molecule has 102 valence electrons. The van der Waals surface area contributed by atoms with E-state index in [1.54, 1.807) is 12.3 Å². The largest absolute Gasteiger partial charge is 0.471 e. The minimum absolute atomic E-state index is 0.0523. The standard InChI is InChI=1S/C12H17ClF2N2O/c1-12(2,3)17-6-8-4-9(13)11(16-5-8)18-7-10(14)15/h4-5,10,17H,6-7H2,1-3H3/p+1. The van der Waals surface area contributed by atoms with Gasteiger partial charge in [0.05, 0.1) is 5.54 Å². The topological polar surface area (TPSA) is 38.7 Å². The Bertz CT molecular complexity index is 394. The second kappa shape index (κ2) is 6.29. The van der Waals surface area contributed by atoms with E-state index in [2.05, 4.69) is 31.1 Å². The third-order valence-electron chi connectivity index (χ3n) is 2.16. The first-order chi connectivity index (χ1) is 8.28. The molecule has 0 radical (unpaired) electrons. The van der Waals surface area contributed by atoms with Crippen LogP contribution in [0.25, 0.3) is 0 Å². The Labute approximate surface area is 111 Å². The summed E-state index contributed by atoms with van der Waals surface area (Å²) in [5.74, 6) is 0.0523. The first kappa shape index (κ1) is 15.1. The third-order valence-corrected chi connectivity index (χ3v) is 2.43. The van der Waals surface area contributed by atoms with Crippen LogP contribution in [0.2, 0.25) is 5.02 Å². The monoisotopic (exact) mass is 279 g/mol. The van der Waals surface area contributed by atoms with E-state index >= 15 is 0 Å². The van der Waals surface area contributed by atoms with Crippen LogP contribution in [0.3, 0.4) is 0 Å². The van der Waals surface area contributed by atoms with Gasteiger partial charge in [-0.05, 0) is 26.8 Å². The molecule has 1 rings (SSSR count). The molecule has 1 aromatic rings. The number of hydrogen-bond acceptors (Lipinski definition) is 2. The van der Waals surface area contributed by atoms with E-state index in [-0.39, 0.29) is 16.4 Å². The lowest BCUT2D eigenvalue weighted by atomic mass is 10.1. The number of halogens is 3. The molecule has 1 heterocycles. The van der Waals surface area contributed by atoms with Gasteiger partial charge in [-0.15, -0.1) is 0 Å². The number of ether oxygens (including phenoxy) is 1. The highest BCUT2D eigenvalue weighted by Crippen LogP contribution is 2.22. The van der Waals surface area contributed by atoms with Crippen molar-refractivity contribution < 1.29 is 18.8 Å². The van der Waals surface area contributed by atoms with Gasteiger partial charge in [0, 0.05) is 11.8 Å². The zero-order chi connectivity index (χ0) is 13.8. The SMILES string of the molecule is CC(C)(C)[NH2+]Cc1cnc(OCC(F)F)c(Cl)c1. The van der Waals surface area contributed by atoms with Gasteiger partial charge in [-0.25, -0.2) is 13.8 Å². The molecule has 0 aromatic carbocycles. The van der Waals surface area contributed by atoms with Crippen LogP contribution in [-0.4, -0.2) is 23.6 Å². The predicted octanol–water partition coefficient (Wildman–Crippen LogP) is 2.24. The Kier molecular flexibility index (Phi) is 5.28. The fraction of sp³-hybridized carbons (Fsp3) is 0.583. The zero-order valence-corrected chi connectivity index (χ0v) is 11.5. The average Bonchev–Trinajstić information content (AvgIpc) is 2.24. The lowest BCUT2D eigenvalue weighted by Gasteiger charge is -2.17. The van der Waals surface area contributed by atoms with Crippen molar-refractivity contribution in [2.24, 2.45) is 0 Å². The zero-order valence-electron chi connectivity index (χ0n) is 10.7. The second-order valence-electron chi connectivity index (χ2n) is 5.11. The summed E-state index contributed by atoms with van der Waals surface area (Å²) in [7, 11) is 0. The van der Waals surface area contributed by atoms with Crippen LogP contribution in [0.4, 0.5) is 8.78 Å². The van der Waals surface area contributed by atoms with E-state index in [0.29, 0.717) is 0 Å². The molecule has 0 amide bonds. The van der Waals surface area contributed by atoms with Crippen LogP contribution in [0.1, 0.15) is 26.3 Å². The molecule has 0 saturated carbocycles. The molecule has 0 unspecified atom stereocenters. The Hall–Kier alpha value is -0.940. The van der Waals surface area contributed by atoms with Crippen molar-refractivity contribution >= 4 is 11.6 Å². The summed E-state index contributed by atoms with van der Waals surface area (Å²) in [5.41, 5.74) is 1.04. The highest BCUT2D eigenvalue weighted by Gasteiger charge is 2.14. The number of alkyl halides is 2. The van der Waals surface area contributed by atoms with E-state index in [0.717, 1.165) is 12.1 Å². The first-order valence-corrected chi connectivity index (χ1v) is 6.05. The molecular weight excluding hydrogens is 262 g/mol. The van der Waals surface area contributed by atoms with Crippen molar-refractivity contribution in [3.8, 4) is 5.88 Å². The highest BCUT2D eigenvalue weighted by atomic mass is 35.5. The van der Waals surface area contributed by atoms with E-state index < -0.39 is 13.0 Å². The van der Waals surface area contributed by atoms with Gasteiger partial charge in [0.1, 0.15) is 11.6 Å². The van der Waals surface area contributed by atoms with Crippen LogP contribution < -0.4 is 10.1 Å². The molecule has 0 spiro atoms. The number of nitrogens with zero attached hydrogens (tertiary/aromatic N) is 1. The highest BCUT2D eigenvalue weighted by molar-refractivity contribution is 6.31. The summed E-state index contributed by atoms with van der Waals surface area (Å²) in [6.07, 6.45) is -0.939. The summed E-state index contributed by atoms with van der Waals surface area (Å²) < 4.78 is 28.8. The molecular formula is C12H18ClF2N2O+. The van der Waals surface area contributed by atoms with Crippen molar-refractivity contribution in [1.29, 1.82) is 0 Å². The molecule has 0 bridgehead atoms. The number of pyridine rings is 1. The maximum atomic E-state index is 12.0. The quantitative estimate of drug-likeness (QED) is 0.898. The molecule has 6 heteroatoms. The van der Waals surface area contributed by atoms with E-state index in [1.165, 1.54) is 0 Å². The van der Waals surface area contributed by atoms with E-state index in [9.17, 15) is 8.78 Å². The van der Waals surface area contributed by atoms with Crippen LogP contribution in [0.15, 0.2) is 12.3 Å². The number of quaternary nitrogens is 1. The summed E-state index contributed by atoms with van der Waals surface area (Å²) in [6, 6.07) is 1.69. The molecule has 1 aromatic heterocycles. The van der Waals surface area contributed by atoms with Gasteiger partial charge >= 0.3 is 0 Å². The molecule has 0 saturated heterocycles. The molecule has 0 aliphatic carbocycles. The number of nitrogens with two attached hydrogens (primary N) is 1. The van der Waals surface area contributed by atoms with Gasteiger partial charge in [-0.1, -0.05) is 11.6 Å². The molecule has 2 N–H and O–H groups in total. The van der Waals surface area contributed by atoms with Crippen LogP contribution in [0, 0.1) is 0 Å². The van der Waals surface area contributed by atoms with Crippen molar-refractivity contribution in [1.82, 2.24) is 4.98 Å². The summed E-state index contributed by atoms with van der Waals surface area (Å²) in [5, 5.41) is 2.40. The molecule has 18 heavy (non-hydrogen) atoms. The molecule has 0 fully saturated rings. The van der Waals surface area contributed by atoms with E-state index in [1.807, 2.05) is 0 Å². The lowest BCUT2D eigenvalue weighted by Crippen LogP contribution is -2.92. The number of hydrogen-bond donors (Lipinski definition) is 1. The Morgan fingerprint density at radius 1 is 1.44 bits per heavy atom. The maximum Gasteiger partial charge on any atom is 0.272 e. The first-order valence-electron chi connectivity index (χ1n) is 5.67. The van der Waals surface area contributed by atoms with Crippen LogP contribution >= 0.6 is 11.6 Å². The van der Waals surface area contributed by atoms with Crippen LogP contribution in [0.5, 0.6) is 5.88 Å². The van der Waals surface area contributed by atoms with Crippen molar-refractivity contribution in [3.05, 3.63) is 22.8 Å². The number of rotatable bonds is 5. The molecule has 0 atom stereocenters. The maximum absolute atomic E-state index is 12.0. The average molecular weight is 280 g/mol. The van der Waals surface area contributed by atoms with Gasteiger partial charge < -0.3 is 10.1 Å². The van der Waals surface area contributed by atoms with Crippen LogP contribution in [-0.2, 0) is 6.54 Å². The van der Waals surface area contributed by atoms with Gasteiger partial charge in [0.2, 0.25) is 5.88 Å². The second-order valence-corrected chi connectivity index (χ2v) is 5.51. The smallest absolute Gasteiger partial charge is 0.272 e. The van der Waals surface area contributed by atoms with Crippen molar-refractivity contribution in [3.63, 3.8) is 0 Å². The van der Waals surface area contributed by atoms with Gasteiger partial charge in [0.15, 0.2) is 6.61 Å².